The number of barbiturate groups is 1. The summed E-state index contributed by atoms with van der Waals surface area (Å²) in [6.07, 6.45) is 1.30. The van der Waals surface area contributed by atoms with E-state index < -0.39 is 29.7 Å². The lowest BCUT2D eigenvalue weighted by Gasteiger charge is -2.26. The van der Waals surface area contributed by atoms with Crippen molar-refractivity contribution in [1.29, 1.82) is 0 Å². The van der Waals surface area contributed by atoms with Crippen molar-refractivity contribution in [1.82, 2.24) is 5.32 Å². The van der Waals surface area contributed by atoms with Gasteiger partial charge in [-0.25, -0.2) is 14.5 Å². The number of methoxy groups -OCH3 is 1. The van der Waals surface area contributed by atoms with E-state index in [1.165, 1.54) is 43.5 Å². The van der Waals surface area contributed by atoms with Gasteiger partial charge < -0.3 is 19.5 Å². The van der Waals surface area contributed by atoms with Gasteiger partial charge in [-0.1, -0.05) is 17.7 Å². The Kier molecular flexibility index (Phi) is 9.84. The maximum atomic E-state index is 13.3. The third kappa shape index (κ3) is 7.22. The number of amides is 5. The van der Waals surface area contributed by atoms with Gasteiger partial charge in [-0.2, -0.15) is 0 Å². The smallest absolute Gasteiger partial charge is 0.337 e. The number of urea groups is 1. The summed E-state index contributed by atoms with van der Waals surface area (Å²) in [5.74, 6) is -2.32. The number of halogens is 2. The van der Waals surface area contributed by atoms with E-state index in [4.69, 9.17) is 21.1 Å². The van der Waals surface area contributed by atoms with Crippen LogP contribution in [-0.4, -0.2) is 50.0 Å². The fourth-order valence-corrected chi connectivity index (χ4v) is 4.76. The Hall–Kier alpha value is -4.68. The van der Waals surface area contributed by atoms with Gasteiger partial charge >= 0.3 is 12.0 Å². The van der Waals surface area contributed by atoms with Gasteiger partial charge in [0.1, 0.15) is 5.57 Å². The van der Waals surface area contributed by atoms with Crippen molar-refractivity contribution in [3.05, 3.63) is 86.4 Å². The van der Waals surface area contributed by atoms with Gasteiger partial charge in [0.15, 0.2) is 18.1 Å². The Morgan fingerprint density at radius 1 is 1.05 bits per heavy atom. The molecule has 0 saturated carbocycles. The zero-order chi connectivity index (χ0) is 31.3. The number of benzene rings is 3. The largest absolute Gasteiger partial charge is 0.490 e. The lowest BCUT2D eigenvalue weighted by Crippen LogP contribution is -2.54. The number of nitrogens with one attached hydrogen (secondary N) is 2. The van der Waals surface area contributed by atoms with Gasteiger partial charge in [0.25, 0.3) is 17.7 Å². The molecule has 0 unspecified atom stereocenters. The first kappa shape index (κ1) is 31.3. The molecule has 4 rings (SSSR count). The number of imide groups is 2. The minimum atomic E-state index is -0.941. The Balaban J connectivity index is 1.57. The van der Waals surface area contributed by atoms with Gasteiger partial charge in [-0.05, 0) is 95.5 Å². The predicted octanol–water partition coefficient (Wildman–Crippen LogP) is 5.28. The summed E-state index contributed by atoms with van der Waals surface area (Å²) in [6.45, 7) is 3.50. The summed E-state index contributed by atoms with van der Waals surface area (Å²) in [4.78, 5) is 63.6. The molecule has 0 aromatic heterocycles. The highest BCUT2D eigenvalue weighted by Crippen LogP contribution is 2.38. The van der Waals surface area contributed by atoms with Crippen LogP contribution in [0.5, 0.6) is 11.5 Å². The molecular formula is C30H25BrClN3O8. The minimum absolute atomic E-state index is 0.139. The van der Waals surface area contributed by atoms with E-state index in [1.54, 1.807) is 31.2 Å². The summed E-state index contributed by atoms with van der Waals surface area (Å²) >= 11 is 9.53. The van der Waals surface area contributed by atoms with Crippen molar-refractivity contribution in [2.75, 3.05) is 30.5 Å². The number of hydrogen-bond acceptors (Lipinski definition) is 8. The van der Waals surface area contributed by atoms with E-state index in [9.17, 15) is 24.0 Å². The molecule has 43 heavy (non-hydrogen) atoms. The third-order valence-electron chi connectivity index (χ3n) is 6.09. The summed E-state index contributed by atoms with van der Waals surface area (Å²) in [6, 6.07) is 12.8. The monoisotopic (exact) mass is 669 g/mol. The number of carbonyl (C=O) groups excluding carboxylic acids is 5. The van der Waals surface area contributed by atoms with Gasteiger partial charge in [-0.15, -0.1) is 0 Å². The molecule has 0 radical (unpaired) electrons. The first-order valence-electron chi connectivity index (χ1n) is 12.8. The van der Waals surface area contributed by atoms with E-state index in [1.807, 2.05) is 6.92 Å². The number of carbonyl (C=O) groups is 5. The van der Waals surface area contributed by atoms with Crippen molar-refractivity contribution in [3.63, 3.8) is 0 Å². The van der Waals surface area contributed by atoms with Crippen molar-refractivity contribution in [2.45, 2.75) is 13.8 Å². The second-order valence-electron chi connectivity index (χ2n) is 9.06. The molecule has 5 amide bonds. The molecule has 0 atom stereocenters. The zero-order valence-corrected chi connectivity index (χ0v) is 25.5. The Bertz CT molecular complexity index is 1660. The molecule has 0 bridgehead atoms. The van der Waals surface area contributed by atoms with Crippen LogP contribution in [0, 0.1) is 6.92 Å². The fourth-order valence-electron chi connectivity index (χ4n) is 4.00. The summed E-state index contributed by atoms with van der Waals surface area (Å²) in [5.41, 5.74) is 1.79. The summed E-state index contributed by atoms with van der Waals surface area (Å²) in [5, 5.41) is 5.37. The number of anilines is 2. The number of esters is 1. The molecule has 1 saturated heterocycles. The molecule has 0 aliphatic carbocycles. The molecule has 0 spiro atoms. The van der Waals surface area contributed by atoms with Crippen molar-refractivity contribution < 1.29 is 38.2 Å². The van der Waals surface area contributed by atoms with Gasteiger partial charge in [0.2, 0.25) is 0 Å². The molecule has 2 N–H and O–H groups in total. The van der Waals surface area contributed by atoms with E-state index in [0.717, 1.165) is 10.5 Å². The third-order valence-corrected chi connectivity index (χ3v) is 7.09. The van der Waals surface area contributed by atoms with Crippen LogP contribution in [0.3, 0.4) is 0 Å². The van der Waals surface area contributed by atoms with Crippen molar-refractivity contribution in [3.8, 4) is 11.5 Å². The number of ether oxygens (including phenoxy) is 3. The highest BCUT2D eigenvalue weighted by atomic mass is 79.9. The summed E-state index contributed by atoms with van der Waals surface area (Å²) in [7, 11) is 1.23. The van der Waals surface area contributed by atoms with Gasteiger partial charge in [0.05, 0.1) is 29.4 Å². The van der Waals surface area contributed by atoms with E-state index >= 15 is 0 Å². The predicted molar refractivity (Wildman–Crippen MR) is 162 cm³/mol. The number of rotatable bonds is 9. The zero-order valence-electron chi connectivity index (χ0n) is 23.2. The molecule has 13 heteroatoms. The van der Waals surface area contributed by atoms with Crippen LogP contribution in [0.25, 0.3) is 6.08 Å². The molecule has 1 aliphatic heterocycles. The minimum Gasteiger partial charge on any atom is -0.490 e. The topological polar surface area (TPSA) is 140 Å². The van der Waals surface area contributed by atoms with Crippen LogP contribution < -0.4 is 25.0 Å². The maximum Gasteiger partial charge on any atom is 0.337 e. The highest BCUT2D eigenvalue weighted by molar-refractivity contribution is 9.10. The lowest BCUT2D eigenvalue weighted by atomic mass is 10.1. The van der Waals surface area contributed by atoms with Crippen LogP contribution >= 0.6 is 27.5 Å². The van der Waals surface area contributed by atoms with Crippen LogP contribution in [0.1, 0.15) is 28.4 Å². The number of aryl methyl sites for hydroxylation is 1. The maximum absolute atomic E-state index is 13.3. The second-order valence-corrected chi connectivity index (χ2v) is 10.3. The average Bonchev–Trinajstić information content (AvgIpc) is 2.96. The standard InChI is InChI=1S/C30H25BrClN3O8/c1-4-42-24-13-17(12-22(31)26(24)43-15-25(36)33-19-8-5-16(2)23(32)14-19)11-21-27(37)34-30(40)35(28(21)38)20-9-6-18(7-10-20)29(39)41-3/h5-14H,4,15H2,1-3H3,(H,33,36)(H,34,37,40)/b21-11-. The molecule has 11 nitrogen and oxygen atoms in total. The molecule has 1 aliphatic rings. The number of hydrogen-bond donors (Lipinski definition) is 2. The quantitative estimate of drug-likeness (QED) is 0.178. The Labute approximate surface area is 259 Å². The Morgan fingerprint density at radius 2 is 1.77 bits per heavy atom. The van der Waals surface area contributed by atoms with Gasteiger partial charge in [-0.3, -0.25) is 19.7 Å². The van der Waals surface area contributed by atoms with Crippen LogP contribution in [0.4, 0.5) is 16.2 Å². The fraction of sp³-hybridized carbons (Fsp3) is 0.167. The first-order chi connectivity index (χ1) is 20.5. The molecular weight excluding hydrogens is 646 g/mol. The van der Waals surface area contributed by atoms with E-state index in [2.05, 4.69) is 31.3 Å². The van der Waals surface area contributed by atoms with Crippen LogP contribution in [-0.2, 0) is 19.1 Å². The molecule has 3 aromatic carbocycles. The summed E-state index contributed by atoms with van der Waals surface area (Å²) < 4.78 is 16.5. The van der Waals surface area contributed by atoms with Gasteiger partial charge in [0, 0.05) is 10.7 Å². The van der Waals surface area contributed by atoms with Crippen molar-refractivity contribution in [2.24, 2.45) is 0 Å². The Morgan fingerprint density at radius 3 is 2.42 bits per heavy atom. The SMILES string of the molecule is CCOc1cc(/C=C2/C(=O)NC(=O)N(c3ccc(C(=O)OC)cc3)C2=O)cc(Br)c1OCC(=O)Nc1ccc(C)c(Cl)c1. The van der Waals surface area contributed by atoms with E-state index in [0.29, 0.717) is 20.7 Å². The van der Waals surface area contributed by atoms with E-state index in [-0.39, 0.29) is 41.5 Å². The second kappa shape index (κ2) is 13.5. The first-order valence-corrected chi connectivity index (χ1v) is 13.9. The molecule has 1 fully saturated rings. The molecule has 3 aromatic rings. The highest BCUT2D eigenvalue weighted by Gasteiger charge is 2.37. The lowest BCUT2D eigenvalue weighted by molar-refractivity contribution is -0.122. The van der Waals surface area contributed by atoms with Crippen molar-refractivity contribution >= 4 is 74.7 Å². The van der Waals surface area contributed by atoms with Crippen LogP contribution in [0.15, 0.2) is 64.6 Å². The van der Waals surface area contributed by atoms with Crippen LogP contribution in [0.2, 0.25) is 5.02 Å². The molecule has 1 heterocycles. The number of nitrogens with zero attached hydrogens (tertiary/aromatic N) is 1. The molecule has 222 valence electrons. The average molecular weight is 671 g/mol. The normalized spacial score (nSPS) is 13.9.